The van der Waals surface area contributed by atoms with Crippen molar-refractivity contribution in [2.75, 3.05) is 0 Å². The highest BCUT2D eigenvalue weighted by Crippen LogP contribution is 2.52. The van der Waals surface area contributed by atoms with Gasteiger partial charge in [0, 0.05) is 60.3 Å². The molecule has 0 radical (unpaired) electrons. The van der Waals surface area contributed by atoms with Gasteiger partial charge in [0.15, 0.2) is 5.82 Å². The Kier molecular flexibility index (Phi) is 6.02. The Morgan fingerprint density at radius 1 is 0.352 bits per heavy atom. The highest BCUT2D eigenvalue weighted by molar-refractivity contribution is 6.20. The standard InChI is InChI=1S/C50H30N4/c1-2-14-31(15-3-1)48-47-39-28-29-45(54-43-26-10-6-20-36(43)37-21-7-11-27-44(37)54)38-22-13-23-40(46(38)39)49(47)52-50(51-48)32-16-12-17-33(30-32)53-41-24-8-4-18-34(41)35-19-5-9-25-42(35)53/h1-30H. The van der Waals surface area contributed by atoms with E-state index in [0.29, 0.717) is 5.82 Å². The minimum atomic E-state index is 0.711. The average Bonchev–Trinajstić information content (AvgIpc) is 3.88. The Hall–Kier alpha value is -7.30. The van der Waals surface area contributed by atoms with Crippen molar-refractivity contribution in [2.24, 2.45) is 0 Å². The van der Waals surface area contributed by atoms with Crippen LogP contribution in [-0.4, -0.2) is 19.1 Å². The zero-order valence-electron chi connectivity index (χ0n) is 29.1. The zero-order valence-corrected chi connectivity index (χ0v) is 29.1. The van der Waals surface area contributed by atoms with E-state index in [9.17, 15) is 0 Å². The first-order valence-electron chi connectivity index (χ1n) is 18.4. The summed E-state index contributed by atoms with van der Waals surface area (Å²) in [6.45, 7) is 0. The molecule has 0 atom stereocenters. The third-order valence-electron chi connectivity index (χ3n) is 11.3. The van der Waals surface area contributed by atoms with E-state index in [1.165, 1.54) is 59.9 Å². The lowest BCUT2D eigenvalue weighted by molar-refractivity contribution is 1.16. The second kappa shape index (κ2) is 11.1. The molecule has 11 aromatic rings. The summed E-state index contributed by atoms with van der Waals surface area (Å²) in [5, 5.41) is 7.40. The predicted molar refractivity (Wildman–Crippen MR) is 224 cm³/mol. The monoisotopic (exact) mass is 686 g/mol. The number of aromatic nitrogens is 4. The highest BCUT2D eigenvalue weighted by atomic mass is 15.0. The lowest BCUT2D eigenvalue weighted by atomic mass is 9.98. The van der Waals surface area contributed by atoms with Gasteiger partial charge in [-0.2, -0.15) is 0 Å². The maximum absolute atomic E-state index is 5.46. The summed E-state index contributed by atoms with van der Waals surface area (Å²) < 4.78 is 4.78. The van der Waals surface area contributed by atoms with Crippen molar-refractivity contribution in [3.8, 4) is 56.4 Å². The number of fused-ring (bicyclic) bond motifs is 9. The van der Waals surface area contributed by atoms with E-state index < -0.39 is 0 Å². The number of nitrogens with zero attached hydrogens (tertiary/aromatic N) is 4. The molecule has 1 aliphatic rings. The number of benzene rings is 8. The molecule has 4 nitrogen and oxygen atoms in total. The summed E-state index contributed by atoms with van der Waals surface area (Å²) >= 11 is 0. The molecule has 0 aliphatic heterocycles. The summed E-state index contributed by atoms with van der Waals surface area (Å²) in [5.74, 6) is 0.711. The van der Waals surface area contributed by atoms with Crippen LogP contribution in [0.3, 0.4) is 0 Å². The van der Waals surface area contributed by atoms with Crippen LogP contribution in [0.5, 0.6) is 0 Å². The lowest BCUT2D eigenvalue weighted by Crippen LogP contribution is -1.99. The molecule has 54 heavy (non-hydrogen) atoms. The molecule has 8 aromatic carbocycles. The van der Waals surface area contributed by atoms with Crippen molar-refractivity contribution in [1.29, 1.82) is 0 Å². The summed E-state index contributed by atoms with van der Waals surface area (Å²) in [7, 11) is 0. The molecule has 12 rings (SSSR count). The van der Waals surface area contributed by atoms with E-state index in [-0.39, 0.29) is 0 Å². The van der Waals surface area contributed by atoms with E-state index >= 15 is 0 Å². The van der Waals surface area contributed by atoms with Crippen LogP contribution in [0.2, 0.25) is 0 Å². The minimum absolute atomic E-state index is 0.711. The van der Waals surface area contributed by atoms with E-state index in [2.05, 4.69) is 191 Å². The van der Waals surface area contributed by atoms with Crippen molar-refractivity contribution in [3.05, 3.63) is 182 Å². The fourth-order valence-corrected chi connectivity index (χ4v) is 9.00. The molecule has 0 bridgehead atoms. The Morgan fingerprint density at radius 2 is 0.870 bits per heavy atom. The minimum Gasteiger partial charge on any atom is -0.309 e. The molecule has 0 spiro atoms. The van der Waals surface area contributed by atoms with Crippen LogP contribution in [0.25, 0.3) is 111 Å². The van der Waals surface area contributed by atoms with Gasteiger partial charge in [-0.15, -0.1) is 0 Å². The van der Waals surface area contributed by atoms with E-state index in [1.807, 2.05) is 0 Å². The van der Waals surface area contributed by atoms with Gasteiger partial charge in [-0.3, -0.25) is 0 Å². The first kappa shape index (κ1) is 29.3. The maximum atomic E-state index is 5.46. The van der Waals surface area contributed by atoms with Gasteiger partial charge in [0.25, 0.3) is 0 Å². The molecule has 0 saturated heterocycles. The van der Waals surface area contributed by atoms with Crippen molar-refractivity contribution in [3.63, 3.8) is 0 Å². The van der Waals surface area contributed by atoms with Crippen LogP contribution in [0.15, 0.2) is 182 Å². The van der Waals surface area contributed by atoms with E-state index in [1.54, 1.807) is 0 Å². The van der Waals surface area contributed by atoms with Crippen LogP contribution < -0.4 is 0 Å². The SMILES string of the molecule is c1ccc(-c2nc(-c3cccc(-n4c5ccccc5c5ccccc54)c3)nc3c2-c2ccc(-n4c5ccccc5c5ccccc54)c4cccc-3c24)cc1. The lowest BCUT2D eigenvalue weighted by Gasteiger charge is -2.14. The molecule has 1 aliphatic carbocycles. The molecule has 0 saturated carbocycles. The summed E-state index contributed by atoms with van der Waals surface area (Å²) in [5.41, 5.74) is 14.4. The van der Waals surface area contributed by atoms with Crippen LogP contribution in [0.4, 0.5) is 0 Å². The fraction of sp³-hybridized carbons (Fsp3) is 0. The number of hydrogen-bond donors (Lipinski definition) is 0. The second-order valence-corrected chi connectivity index (χ2v) is 14.1. The molecule has 0 fully saturated rings. The molecule has 4 heteroatoms. The zero-order chi connectivity index (χ0) is 35.3. The van der Waals surface area contributed by atoms with Crippen LogP contribution in [0, 0.1) is 0 Å². The molecule has 0 unspecified atom stereocenters. The summed E-state index contributed by atoms with van der Waals surface area (Å²) in [6.07, 6.45) is 0. The smallest absolute Gasteiger partial charge is 0.160 e. The van der Waals surface area contributed by atoms with Crippen molar-refractivity contribution < 1.29 is 0 Å². The number of hydrogen-bond acceptors (Lipinski definition) is 2. The molecule has 3 aromatic heterocycles. The van der Waals surface area contributed by atoms with E-state index in [0.717, 1.165) is 45.0 Å². The topological polar surface area (TPSA) is 35.6 Å². The Labute approximate surface area is 310 Å². The molecular formula is C50H30N4. The van der Waals surface area contributed by atoms with Gasteiger partial charge in [-0.1, -0.05) is 140 Å². The van der Waals surface area contributed by atoms with Crippen molar-refractivity contribution >= 4 is 54.4 Å². The first-order chi connectivity index (χ1) is 26.8. The number of para-hydroxylation sites is 4. The third kappa shape index (κ3) is 4.02. The Morgan fingerprint density at radius 3 is 1.52 bits per heavy atom. The van der Waals surface area contributed by atoms with Crippen molar-refractivity contribution in [1.82, 2.24) is 19.1 Å². The maximum Gasteiger partial charge on any atom is 0.160 e. The number of rotatable bonds is 4. The molecule has 250 valence electrons. The fourth-order valence-electron chi connectivity index (χ4n) is 9.00. The Balaban J connectivity index is 1.10. The van der Waals surface area contributed by atoms with Gasteiger partial charge >= 0.3 is 0 Å². The normalized spacial score (nSPS) is 12.1. The van der Waals surface area contributed by atoms with Crippen LogP contribution in [0.1, 0.15) is 0 Å². The summed E-state index contributed by atoms with van der Waals surface area (Å²) in [6, 6.07) is 65.2. The average molecular weight is 687 g/mol. The molecular weight excluding hydrogens is 657 g/mol. The highest BCUT2D eigenvalue weighted by Gasteiger charge is 2.30. The molecule has 0 N–H and O–H groups in total. The van der Waals surface area contributed by atoms with E-state index in [4.69, 9.17) is 9.97 Å². The van der Waals surface area contributed by atoms with Gasteiger partial charge in [0.1, 0.15) is 0 Å². The molecule has 3 heterocycles. The van der Waals surface area contributed by atoms with Crippen molar-refractivity contribution in [2.45, 2.75) is 0 Å². The predicted octanol–water partition coefficient (Wildman–Crippen LogP) is 12.8. The third-order valence-corrected chi connectivity index (χ3v) is 11.3. The van der Waals surface area contributed by atoms with Gasteiger partial charge in [-0.05, 0) is 48.0 Å². The summed E-state index contributed by atoms with van der Waals surface area (Å²) in [4.78, 5) is 10.9. The first-order valence-corrected chi connectivity index (χ1v) is 18.4. The Bertz CT molecular complexity index is 3220. The van der Waals surface area contributed by atoms with Crippen LogP contribution in [-0.2, 0) is 0 Å². The second-order valence-electron chi connectivity index (χ2n) is 14.1. The van der Waals surface area contributed by atoms with Gasteiger partial charge in [-0.25, -0.2) is 9.97 Å². The van der Waals surface area contributed by atoms with Crippen LogP contribution >= 0.6 is 0 Å². The largest absolute Gasteiger partial charge is 0.309 e. The molecule has 0 amide bonds. The quantitative estimate of drug-likeness (QED) is 0.185. The van der Waals surface area contributed by atoms with Gasteiger partial charge < -0.3 is 9.13 Å². The van der Waals surface area contributed by atoms with Gasteiger partial charge in [0.05, 0.1) is 39.1 Å². The van der Waals surface area contributed by atoms with Gasteiger partial charge in [0.2, 0.25) is 0 Å².